The van der Waals surface area contributed by atoms with Crippen molar-refractivity contribution >= 4 is 27.8 Å². The van der Waals surface area contributed by atoms with E-state index >= 15 is 0 Å². The van der Waals surface area contributed by atoms with Crippen LogP contribution >= 0.6 is 15.9 Å². The van der Waals surface area contributed by atoms with Crippen LogP contribution in [0, 0.1) is 0 Å². The monoisotopic (exact) mass is 493 g/mol. The Morgan fingerprint density at radius 3 is 2.34 bits per heavy atom. The van der Waals surface area contributed by atoms with Crippen LogP contribution in [0.2, 0.25) is 0 Å². The first-order valence-corrected chi connectivity index (χ1v) is 11.2. The molecule has 1 saturated heterocycles. The molecule has 1 heterocycles. The van der Waals surface area contributed by atoms with Crippen molar-refractivity contribution in [3.05, 3.63) is 88.4 Å². The number of hydrogen-bond donors (Lipinski definition) is 1. The zero-order valence-electron chi connectivity index (χ0n) is 17.9. The molecule has 0 aromatic heterocycles. The molecule has 1 fully saturated rings. The van der Waals surface area contributed by atoms with Crippen LogP contribution in [0.4, 0.5) is 0 Å². The van der Waals surface area contributed by atoms with E-state index in [0.29, 0.717) is 18.4 Å². The summed E-state index contributed by atoms with van der Waals surface area (Å²) >= 11 is 3.57. The molecule has 2 atom stereocenters. The SMILES string of the molecule is COc1ccccc1-c1ccc(C(=O)N2[C@@H](c3ccccc3Br)CC[C@@]2(C)C(=O)O)cc1. The van der Waals surface area contributed by atoms with Gasteiger partial charge in [-0.2, -0.15) is 0 Å². The Kier molecular flexibility index (Phi) is 6.07. The van der Waals surface area contributed by atoms with Crippen LogP contribution in [0.15, 0.2) is 77.3 Å². The summed E-state index contributed by atoms with van der Waals surface area (Å²) in [6, 6.07) is 22.3. The summed E-state index contributed by atoms with van der Waals surface area (Å²) in [6.07, 6.45) is 0.968. The quantitative estimate of drug-likeness (QED) is 0.477. The first-order valence-electron chi connectivity index (χ1n) is 10.4. The van der Waals surface area contributed by atoms with Gasteiger partial charge in [0.1, 0.15) is 11.3 Å². The van der Waals surface area contributed by atoms with Crippen molar-refractivity contribution < 1.29 is 19.4 Å². The van der Waals surface area contributed by atoms with Gasteiger partial charge in [0.25, 0.3) is 5.91 Å². The second kappa shape index (κ2) is 8.79. The van der Waals surface area contributed by atoms with Crippen LogP contribution in [0.5, 0.6) is 5.75 Å². The molecule has 1 aliphatic rings. The number of nitrogens with zero attached hydrogens (tertiary/aromatic N) is 1. The van der Waals surface area contributed by atoms with E-state index in [-0.39, 0.29) is 11.9 Å². The Morgan fingerprint density at radius 1 is 1.03 bits per heavy atom. The number of methoxy groups -OCH3 is 1. The Balaban J connectivity index is 1.72. The lowest BCUT2D eigenvalue weighted by molar-refractivity contribution is -0.147. The summed E-state index contributed by atoms with van der Waals surface area (Å²) in [5, 5.41) is 10.0. The fraction of sp³-hybridized carbons (Fsp3) is 0.231. The number of carboxylic acids is 1. The minimum atomic E-state index is -1.28. The van der Waals surface area contributed by atoms with Crippen molar-refractivity contribution in [2.45, 2.75) is 31.3 Å². The lowest BCUT2D eigenvalue weighted by atomic mass is 9.98. The number of carbonyl (C=O) groups is 2. The first-order chi connectivity index (χ1) is 15.4. The Hall–Kier alpha value is -3.12. The molecule has 0 radical (unpaired) electrons. The molecular weight excluding hydrogens is 470 g/mol. The average Bonchev–Trinajstić information content (AvgIpc) is 3.17. The fourth-order valence-electron chi connectivity index (χ4n) is 4.44. The summed E-state index contributed by atoms with van der Waals surface area (Å²) in [6.45, 7) is 1.63. The third-order valence-electron chi connectivity index (χ3n) is 6.24. The predicted octanol–water partition coefficient (Wildman–Crippen LogP) is 5.95. The van der Waals surface area contributed by atoms with Crippen molar-refractivity contribution in [2.24, 2.45) is 0 Å². The van der Waals surface area contributed by atoms with Crippen LogP contribution < -0.4 is 4.74 Å². The number of carbonyl (C=O) groups excluding carboxylic acids is 1. The minimum absolute atomic E-state index is 0.292. The van der Waals surface area contributed by atoms with Crippen LogP contribution in [-0.2, 0) is 4.79 Å². The normalized spacial score (nSPS) is 20.2. The van der Waals surface area contributed by atoms with E-state index in [1.807, 2.05) is 60.7 Å². The molecule has 4 rings (SSSR count). The second-order valence-corrected chi connectivity index (χ2v) is 8.96. The summed E-state index contributed by atoms with van der Waals surface area (Å²) in [5.41, 5.74) is 1.94. The number of hydrogen-bond acceptors (Lipinski definition) is 3. The molecule has 1 aliphatic heterocycles. The summed E-state index contributed by atoms with van der Waals surface area (Å²) in [5.74, 6) is -0.538. The van der Waals surface area contributed by atoms with E-state index in [1.165, 1.54) is 4.90 Å². The number of halogens is 1. The maximum Gasteiger partial charge on any atom is 0.329 e. The molecule has 1 N–H and O–H groups in total. The standard InChI is InChI=1S/C26H24BrNO4/c1-26(25(30)31)16-15-22(20-8-3-5-9-21(20)27)28(26)24(29)18-13-11-17(12-14-18)19-7-4-6-10-23(19)32-2/h3-14,22H,15-16H2,1-2H3,(H,30,31)/t22-,26+/m1/s1. The molecule has 0 saturated carbocycles. The van der Waals surface area contributed by atoms with E-state index in [2.05, 4.69) is 15.9 Å². The Labute approximate surface area is 195 Å². The molecule has 1 amide bonds. The van der Waals surface area contributed by atoms with Crippen molar-refractivity contribution in [3.8, 4) is 16.9 Å². The van der Waals surface area contributed by atoms with Crippen molar-refractivity contribution in [3.63, 3.8) is 0 Å². The summed E-state index contributed by atoms with van der Waals surface area (Å²) in [7, 11) is 1.62. The first kappa shape index (κ1) is 22.1. The Bertz CT molecular complexity index is 1160. The van der Waals surface area contributed by atoms with Gasteiger partial charge in [0.2, 0.25) is 0 Å². The van der Waals surface area contributed by atoms with E-state index in [1.54, 1.807) is 26.2 Å². The number of amides is 1. The third kappa shape index (κ3) is 3.79. The van der Waals surface area contributed by atoms with Crippen LogP contribution in [0.3, 0.4) is 0 Å². The van der Waals surface area contributed by atoms with Gasteiger partial charge in [-0.25, -0.2) is 4.79 Å². The third-order valence-corrected chi connectivity index (χ3v) is 6.96. The van der Waals surface area contributed by atoms with Gasteiger partial charge < -0.3 is 14.7 Å². The highest BCUT2D eigenvalue weighted by Gasteiger charge is 2.51. The van der Waals surface area contributed by atoms with E-state index in [4.69, 9.17) is 4.74 Å². The van der Waals surface area contributed by atoms with Gasteiger partial charge in [0.15, 0.2) is 0 Å². The zero-order valence-corrected chi connectivity index (χ0v) is 19.5. The topological polar surface area (TPSA) is 66.8 Å². The zero-order chi connectivity index (χ0) is 22.9. The van der Waals surface area contributed by atoms with Crippen molar-refractivity contribution in [1.82, 2.24) is 4.90 Å². The number of benzene rings is 3. The fourth-order valence-corrected chi connectivity index (χ4v) is 4.99. The average molecular weight is 494 g/mol. The number of para-hydroxylation sites is 1. The Morgan fingerprint density at radius 2 is 1.69 bits per heavy atom. The molecule has 3 aromatic carbocycles. The highest BCUT2D eigenvalue weighted by atomic mass is 79.9. The molecule has 0 aliphatic carbocycles. The van der Waals surface area contributed by atoms with Gasteiger partial charge in [-0.05, 0) is 55.2 Å². The number of ether oxygens (including phenoxy) is 1. The molecular formula is C26H24BrNO4. The van der Waals surface area contributed by atoms with Crippen molar-refractivity contribution in [2.75, 3.05) is 7.11 Å². The summed E-state index contributed by atoms with van der Waals surface area (Å²) < 4.78 is 6.31. The molecule has 0 unspecified atom stereocenters. The molecule has 6 heteroatoms. The highest BCUT2D eigenvalue weighted by Crippen LogP contribution is 2.45. The van der Waals surface area contributed by atoms with E-state index < -0.39 is 11.5 Å². The second-order valence-electron chi connectivity index (χ2n) is 8.11. The molecule has 0 spiro atoms. The number of carboxylic acid groups (broad SMARTS) is 1. The molecule has 0 bridgehead atoms. The minimum Gasteiger partial charge on any atom is -0.496 e. The van der Waals surface area contributed by atoms with Gasteiger partial charge in [-0.3, -0.25) is 4.79 Å². The maximum atomic E-state index is 13.7. The van der Waals surface area contributed by atoms with Gasteiger partial charge in [-0.1, -0.05) is 64.5 Å². The number of rotatable bonds is 5. The van der Waals surface area contributed by atoms with Crippen molar-refractivity contribution in [1.29, 1.82) is 0 Å². The van der Waals surface area contributed by atoms with Gasteiger partial charge >= 0.3 is 5.97 Å². The van der Waals surface area contributed by atoms with Crippen LogP contribution in [-0.4, -0.2) is 34.5 Å². The molecule has 5 nitrogen and oxygen atoms in total. The molecule has 164 valence electrons. The van der Waals surface area contributed by atoms with Gasteiger partial charge in [0, 0.05) is 15.6 Å². The molecule has 32 heavy (non-hydrogen) atoms. The largest absolute Gasteiger partial charge is 0.496 e. The maximum absolute atomic E-state index is 13.7. The lowest BCUT2D eigenvalue weighted by Crippen LogP contribution is -2.51. The highest BCUT2D eigenvalue weighted by molar-refractivity contribution is 9.10. The van der Waals surface area contributed by atoms with E-state index in [0.717, 1.165) is 26.9 Å². The van der Waals surface area contributed by atoms with Gasteiger partial charge in [0.05, 0.1) is 13.2 Å². The molecule has 3 aromatic rings. The van der Waals surface area contributed by atoms with Crippen LogP contribution in [0.1, 0.15) is 41.7 Å². The smallest absolute Gasteiger partial charge is 0.329 e. The number of likely N-dealkylation sites (tertiary alicyclic amines) is 1. The lowest BCUT2D eigenvalue weighted by Gasteiger charge is -2.36. The summed E-state index contributed by atoms with van der Waals surface area (Å²) in [4.78, 5) is 27.4. The van der Waals surface area contributed by atoms with E-state index in [9.17, 15) is 14.7 Å². The number of aliphatic carboxylic acids is 1. The van der Waals surface area contributed by atoms with Gasteiger partial charge in [-0.15, -0.1) is 0 Å². The van der Waals surface area contributed by atoms with Crippen LogP contribution in [0.25, 0.3) is 11.1 Å². The predicted molar refractivity (Wildman–Crippen MR) is 127 cm³/mol.